The van der Waals surface area contributed by atoms with Crippen LogP contribution in [0.25, 0.3) is 16.3 Å². The number of nitrogens with zero attached hydrogens (tertiary/aromatic N) is 3. The van der Waals surface area contributed by atoms with Crippen molar-refractivity contribution in [1.82, 2.24) is 4.98 Å². The van der Waals surface area contributed by atoms with Gasteiger partial charge < -0.3 is 9.84 Å². The normalized spacial score (nSPS) is 14.9. The number of benzene rings is 3. The van der Waals surface area contributed by atoms with Crippen molar-refractivity contribution in [3.05, 3.63) is 89.6 Å². The Hall–Kier alpha value is -3.97. The van der Waals surface area contributed by atoms with Crippen molar-refractivity contribution in [2.45, 2.75) is 6.92 Å². The van der Waals surface area contributed by atoms with E-state index in [0.29, 0.717) is 28.9 Å². The first-order valence-electron chi connectivity index (χ1n) is 10.2. The van der Waals surface area contributed by atoms with Crippen molar-refractivity contribution >= 4 is 44.5 Å². The first kappa shape index (κ1) is 20.0. The number of carbonyl (C=O) groups is 1. The molecule has 3 aromatic carbocycles. The van der Waals surface area contributed by atoms with Crippen molar-refractivity contribution in [3.8, 4) is 11.5 Å². The molecule has 0 aliphatic carbocycles. The maximum Gasteiger partial charge on any atom is 0.284 e. The number of phenols is 1. The van der Waals surface area contributed by atoms with E-state index in [4.69, 9.17) is 4.74 Å². The van der Waals surface area contributed by atoms with E-state index < -0.39 is 0 Å². The third-order valence-electron chi connectivity index (χ3n) is 4.95. The lowest BCUT2D eigenvalue weighted by Crippen LogP contribution is -2.32. The smallest absolute Gasteiger partial charge is 0.284 e. The molecule has 158 valence electrons. The van der Waals surface area contributed by atoms with Gasteiger partial charge in [-0.15, -0.1) is 0 Å². The topological polar surface area (TPSA) is 75.0 Å². The summed E-state index contributed by atoms with van der Waals surface area (Å²) >= 11 is 1.45. The van der Waals surface area contributed by atoms with Crippen molar-refractivity contribution in [1.29, 1.82) is 0 Å². The highest BCUT2D eigenvalue weighted by Gasteiger charge is 2.34. The molecule has 0 saturated heterocycles. The number of aromatic nitrogens is 1. The second-order valence-electron chi connectivity index (χ2n) is 7.10. The molecular weight excluding hydrogens is 422 g/mol. The lowest BCUT2D eigenvalue weighted by atomic mass is 10.1. The Morgan fingerprint density at radius 2 is 1.84 bits per heavy atom. The van der Waals surface area contributed by atoms with Gasteiger partial charge in [-0.1, -0.05) is 59.9 Å². The van der Waals surface area contributed by atoms with Gasteiger partial charge in [-0.3, -0.25) is 4.79 Å². The second-order valence-corrected chi connectivity index (χ2v) is 8.11. The molecule has 6 nitrogen and oxygen atoms in total. The number of thiazole rings is 1. The Bertz CT molecular complexity index is 1340. The first-order valence-corrected chi connectivity index (χ1v) is 11.0. The molecule has 0 radical (unpaired) electrons. The van der Waals surface area contributed by atoms with Crippen LogP contribution in [0, 0.1) is 0 Å². The van der Waals surface area contributed by atoms with Crippen LogP contribution in [0.1, 0.15) is 18.1 Å². The summed E-state index contributed by atoms with van der Waals surface area (Å²) in [5.74, 6) is 0.692. The average Bonchev–Trinajstić information content (AvgIpc) is 3.37. The summed E-state index contributed by atoms with van der Waals surface area (Å²) < 4.78 is 6.46. The van der Waals surface area contributed by atoms with Gasteiger partial charge in [0.05, 0.1) is 16.8 Å². The van der Waals surface area contributed by atoms with Gasteiger partial charge in [-0.25, -0.2) is 14.9 Å². The first-order chi connectivity index (χ1) is 15.6. The average molecular weight is 442 g/mol. The maximum atomic E-state index is 13.5. The highest BCUT2D eigenvalue weighted by Crippen LogP contribution is 2.34. The van der Waals surface area contributed by atoms with Crippen LogP contribution in [0.5, 0.6) is 11.5 Å². The van der Waals surface area contributed by atoms with Gasteiger partial charge in [0.2, 0.25) is 0 Å². The fraction of sp³-hybridized carbons (Fsp3) is 0.0800. The summed E-state index contributed by atoms with van der Waals surface area (Å²) in [5.41, 5.74) is 2.66. The van der Waals surface area contributed by atoms with E-state index in [1.54, 1.807) is 29.2 Å². The van der Waals surface area contributed by atoms with Crippen LogP contribution < -0.4 is 9.64 Å². The van der Waals surface area contributed by atoms with Crippen LogP contribution in [0.4, 0.5) is 5.13 Å². The SMILES string of the molecule is CCOc1cc(C=C2N=C(c3ccccc3)N(c3nc4ccccc4s3)C2=O)ccc1O. The summed E-state index contributed by atoms with van der Waals surface area (Å²) in [7, 11) is 0. The fourth-order valence-electron chi connectivity index (χ4n) is 3.48. The van der Waals surface area contributed by atoms with Crippen LogP contribution in [-0.2, 0) is 4.79 Å². The number of phenolic OH excluding ortho intramolecular Hbond substituents is 1. The van der Waals surface area contributed by atoms with Gasteiger partial charge in [0.25, 0.3) is 5.91 Å². The molecule has 2 heterocycles. The summed E-state index contributed by atoms with van der Waals surface area (Å²) in [5, 5.41) is 10.5. The molecule has 0 fully saturated rings. The molecule has 1 N–H and O–H groups in total. The molecule has 1 aromatic heterocycles. The van der Waals surface area contributed by atoms with E-state index in [-0.39, 0.29) is 17.4 Å². The second kappa shape index (κ2) is 8.28. The van der Waals surface area contributed by atoms with Gasteiger partial charge in [-0.2, -0.15) is 0 Å². The monoisotopic (exact) mass is 441 g/mol. The van der Waals surface area contributed by atoms with E-state index in [1.165, 1.54) is 11.3 Å². The van der Waals surface area contributed by atoms with Crippen LogP contribution >= 0.6 is 11.3 Å². The molecule has 0 unspecified atom stereocenters. The van der Waals surface area contributed by atoms with Crippen LogP contribution in [-0.4, -0.2) is 28.4 Å². The van der Waals surface area contributed by atoms with E-state index in [0.717, 1.165) is 15.8 Å². The number of aliphatic imine (C=N–C) groups is 1. The number of aromatic hydroxyl groups is 1. The summed E-state index contributed by atoms with van der Waals surface area (Å²) in [6.45, 7) is 2.27. The maximum absolute atomic E-state index is 13.5. The summed E-state index contributed by atoms with van der Waals surface area (Å²) in [6, 6.07) is 22.3. The van der Waals surface area contributed by atoms with Crippen molar-refractivity contribution in [2.24, 2.45) is 4.99 Å². The van der Waals surface area contributed by atoms with Crippen LogP contribution in [0.15, 0.2) is 83.5 Å². The van der Waals surface area contributed by atoms with Crippen molar-refractivity contribution < 1.29 is 14.6 Å². The van der Waals surface area contributed by atoms with E-state index in [2.05, 4.69) is 9.98 Å². The molecule has 32 heavy (non-hydrogen) atoms. The third-order valence-corrected chi connectivity index (χ3v) is 5.97. The fourth-order valence-corrected chi connectivity index (χ4v) is 4.45. The largest absolute Gasteiger partial charge is 0.504 e. The number of amides is 1. The predicted octanol–water partition coefficient (Wildman–Crippen LogP) is 5.24. The quantitative estimate of drug-likeness (QED) is 0.430. The van der Waals surface area contributed by atoms with E-state index >= 15 is 0 Å². The molecule has 7 heteroatoms. The molecular formula is C25H19N3O3S. The van der Waals surface area contributed by atoms with Gasteiger partial charge >= 0.3 is 0 Å². The Kier molecular flexibility index (Phi) is 5.17. The minimum absolute atomic E-state index is 0.0522. The molecule has 1 aliphatic heterocycles. The molecule has 0 bridgehead atoms. The number of carbonyl (C=O) groups excluding carboxylic acids is 1. The summed E-state index contributed by atoms with van der Waals surface area (Å²) in [6.07, 6.45) is 1.69. The molecule has 0 saturated carbocycles. The zero-order valence-corrected chi connectivity index (χ0v) is 18.0. The van der Waals surface area contributed by atoms with Crippen molar-refractivity contribution in [3.63, 3.8) is 0 Å². The predicted molar refractivity (Wildman–Crippen MR) is 127 cm³/mol. The molecule has 0 spiro atoms. The molecule has 5 rings (SSSR count). The highest BCUT2D eigenvalue weighted by atomic mass is 32.1. The number of fused-ring (bicyclic) bond motifs is 1. The third kappa shape index (κ3) is 3.63. The number of hydrogen-bond acceptors (Lipinski definition) is 6. The van der Waals surface area contributed by atoms with E-state index in [9.17, 15) is 9.90 Å². The molecule has 4 aromatic rings. The highest BCUT2D eigenvalue weighted by molar-refractivity contribution is 7.22. The van der Waals surface area contributed by atoms with Gasteiger partial charge in [0.1, 0.15) is 11.5 Å². The molecule has 1 amide bonds. The zero-order valence-electron chi connectivity index (χ0n) is 17.2. The van der Waals surface area contributed by atoms with E-state index in [1.807, 2.05) is 61.5 Å². The number of rotatable bonds is 5. The molecule has 1 aliphatic rings. The lowest BCUT2D eigenvalue weighted by molar-refractivity contribution is -0.113. The lowest BCUT2D eigenvalue weighted by Gasteiger charge is -2.14. The Morgan fingerprint density at radius 1 is 1.06 bits per heavy atom. The molecule has 0 atom stereocenters. The number of ether oxygens (including phenoxy) is 1. The van der Waals surface area contributed by atoms with Crippen molar-refractivity contribution in [2.75, 3.05) is 11.5 Å². The van der Waals surface area contributed by atoms with Crippen LogP contribution in [0.2, 0.25) is 0 Å². The minimum atomic E-state index is -0.256. The number of para-hydroxylation sites is 1. The number of hydrogen-bond donors (Lipinski definition) is 1. The van der Waals surface area contributed by atoms with Crippen LogP contribution in [0.3, 0.4) is 0 Å². The Labute approximate surface area is 188 Å². The Balaban J connectivity index is 1.61. The minimum Gasteiger partial charge on any atom is -0.504 e. The zero-order chi connectivity index (χ0) is 22.1. The van der Waals surface area contributed by atoms with Gasteiger partial charge in [0, 0.05) is 5.56 Å². The Morgan fingerprint density at radius 3 is 2.62 bits per heavy atom. The number of anilines is 1. The number of amidine groups is 1. The summed E-state index contributed by atoms with van der Waals surface area (Å²) in [4.78, 5) is 24.4. The van der Waals surface area contributed by atoms with Gasteiger partial charge in [0.15, 0.2) is 16.6 Å². The van der Waals surface area contributed by atoms with Gasteiger partial charge in [-0.05, 0) is 42.8 Å². The standard InChI is InChI=1S/C25H19N3O3S/c1-2-31-21-15-16(12-13-20(21)29)14-19-24(30)28(23(26-19)17-8-4-3-5-9-17)25-27-18-10-6-7-11-22(18)32-25/h3-15,29H,2H2,1H3.